The highest BCUT2D eigenvalue weighted by Crippen LogP contribution is 2.28. The number of rotatable bonds is 3. The van der Waals surface area contributed by atoms with Gasteiger partial charge in [0.2, 0.25) is 0 Å². The Morgan fingerprint density at radius 2 is 2.05 bits per heavy atom. The standard InChI is InChI=1S/C13H12BrF2N3O/c1-6-9(3-8(15)4-10(6)16)7(2)20-13-12(17)18-5-11(14)19-13/h3-5,7H,1-2H3,(H2,17,18). The van der Waals surface area contributed by atoms with Gasteiger partial charge in [0.25, 0.3) is 5.88 Å². The fraction of sp³-hybridized carbons (Fsp3) is 0.231. The number of nitrogens with two attached hydrogens (primary N) is 1. The normalized spacial score (nSPS) is 12.2. The minimum Gasteiger partial charge on any atom is -0.467 e. The highest BCUT2D eigenvalue weighted by Gasteiger charge is 2.17. The van der Waals surface area contributed by atoms with Gasteiger partial charge in [-0.2, -0.15) is 0 Å². The van der Waals surface area contributed by atoms with Crippen LogP contribution in [-0.4, -0.2) is 9.97 Å². The smallest absolute Gasteiger partial charge is 0.258 e. The maximum absolute atomic E-state index is 13.5. The van der Waals surface area contributed by atoms with Crippen LogP contribution < -0.4 is 10.5 Å². The third-order valence-corrected chi connectivity index (χ3v) is 3.20. The summed E-state index contributed by atoms with van der Waals surface area (Å²) in [6.07, 6.45) is 0.811. The van der Waals surface area contributed by atoms with Gasteiger partial charge in [0.15, 0.2) is 5.82 Å². The Balaban J connectivity index is 2.33. The average Bonchev–Trinajstić information content (AvgIpc) is 2.38. The molecule has 20 heavy (non-hydrogen) atoms. The van der Waals surface area contributed by atoms with E-state index < -0.39 is 17.7 Å². The van der Waals surface area contributed by atoms with Crippen molar-refractivity contribution in [2.24, 2.45) is 0 Å². The minimum atomic E-state index is -0.660. The minimum absolute atomic E-state index is 0.106. The van der Waals surface area contributed by atoms with Crippen LogP contribution in [0, 0.1) is 18.6 Å². The first-order valence-electron chi connectivity index (χ1n) is 5.78. The molecule has 0 radical (unpaired) electrons. The van der Waals surface area contributed by atoms with E-state index in [0.717, 1.165) is 6.07 Å². The molecule has 0 aliphatic carbocycles. The van der Waals surface area contributed by atoms with Crippen molar-refractivity contribution in [3.63, 3.8) is 0 Å². The van der Waals surface area contributed by atoms with E-state index in [1.165, 1.54) is 12.3 Å². The van der Waals surface area contributed by atoms with Gasteiger partial charge in [-0.05, 0) is 41.4 Å². The quantitative estimate of drug-likeness (QED) is 0.925. The Hall–Kier alpha value is -1.76. The summed E-state index contributed by atoms with van der Waals surface area (Å²) in [5, 5.41) is 0. The SMILES string of the molecule is Cc1c(F)cc(F)cc1C(C)Oc1nc(Br)cnc1N. The van der Waals surface area contributed by atoms with Gasteiger partial charge in [0, 0.05) is 11.6 Å². The number of hydrogen-bond acceptors (Lipinski definition) is 4. The third kappa shape index (κ3) is 3.04. The first-order chi connectivity index (χ1) is 9.38. The summed E-state index contributed by atoms with van der Waals surface area (Å²) < 4.78 is 32.8. The summed E-state index contributed by atoms with van der Waals surface area (Å²) in [6, 6.07) is 2.06. The molecule has 7 heteroatoms. The summed E-state index contributed by atoms with van der Waals surface area (Å²) >= 11 is 3.15. The number of anilines is 1. The molecule has 0 amide bonds. The average molecular weight is 344 g/mol. The van der Waals surface area contributed by atoms with Crippen LogP contribution in [0.4, 0.5) is 14.6 Å². The van der Waals surface area contributed by atoms with Crippen molar-refractivity contribution in [3.8, 4) is 5.88 Å². The van der Waals surface area contributed by atoms with E-state index in [-0.39, 0.29) is 11.7 Å². The summed E-state index contributed by atoms with van der Waals surface area (Å²) in [5.74, 6) is -1.07. The molecule has 2 N–H and O–H groups in total. The van der Waals surface area contributed by atoms with Gasteiger partial charge in [0.05, 0.1) is 6.20 Å². The van der Waals surface area contributed by atoms with Gasteiger partial charge in [-0.15, -0.1) is 0 Å². The van der Waals surface area contributed by atoms with Crippen LogP contribution in [-0.2, 0) is 0 Å². The van der Waals surface area contributed by atoms with Crippen molar-refractivity contribution < 1.29 is 13.5 Å². The van der Waals surface area contributed by atoms with Crippen molar-refractivity contribution in [2.75, 3.05) is 5.73 Å². The zero-order valence-electron chi connectivity index (χ0n) is 10.8. The van der Waals surface area contributed by atoms with Gasteiger partial charge in [-0.3, -0.25) is 0 Å². The van der Waals surface area contributed by atoms with Crippen LogP contribution in [0.3, 0.4) is 0 Å². The van der Waals surface area contributed by atoms with E-state index in [4.69, 9.17) is 10.5 Å². The molecule has 0 saturated carbocycles. The molecule has 4 nitrogen and oxygen atoms in total. The summed E-state index contributed by atoms with van der Waals surface area (Å²) in [6.45, 7) is 3.21. The molecule has 0 aliphatic rings. The van der Waals surface area contributed by atoms with Crippen LogP contribution in [0.1, 0.15) is 24.2 Å². The van der Waals surface area contributed by atoms with Crippen LogP contribution >= 0.6 is 15.9 Å². The molecular weight excluding hydrogens is 332 g/mol. The van der Waals surface area contributed by atoms with Gasteiger partial charge in [-0.25, -0.2) is 18.7 Å². The van der Waals surface area contributed by atoms with E-state index in [2.05, 4.69) is 25.9 Å². The molecule has 0 bridgehead atoms. The molecule has 0 saturated heterocycles. The molecule has 1 unspecified atom stereocenters. The number of nitrogen functional groups attached to an aromatic ring is 1. The maximum atomic E-state index is 13.5. The second-order valence-electron chi connectivity index (χ2n) is 4.25. The molecule has 1 heterocycles. The summed E-state index contributed by atoms with van der Waals surface area (Å²) in [5.41, 5.74) is 6.36. The fourth-order valence-corrected chi connectivity index (χ4v) is 2.03. The maximum Gasteiger partial charge on any atom is 0.258 e. The number of benzene rings is 1. The predicted octanol–water partition coefficient (Wildman–Crippen LogP) is 3.55. The summed E-state index contributed by atoms with van der Waals surface area (Å²) in [4.78, 5) is 7.91. The van der Waals surface area contributed by atoms with Crippen molar-refractivity contribution in [3.05, 3.63) is 45.7 Å². The lowest BCUT2D eigenvalue weighted by Gasteiger charge is -2.17. The lowest BCUT2D eigenvalue weighted by atomic mass is 10.0. The Labute approximate surface area is 123 Å². The van der Waals surface area contributed by atoms with Crippen molar-refractivity contribution >= 4 is 21.7 Å². The Bertz CT molecular complexity index is 652. The van der Waals surface area contributed by atoms with E-state index in [1.54, 1.807) is 13.8 Å². The number of halogens is 3. The van der Waals surface area contributed by atoms with Gasteiger partial charge < -0.3 is 10.5 Å². The zero-order valence-corrected chi connectivity index (χ0v) is 12.4. The topological polar surface area (TPSA) is 61.0 Å². The van der Waals surface area contributed by atoms with Crippen LogP contribution in [0.25, 0.3) is 0 Å². The molecular formula is C13H12BrF2N3O. The molecule has 1 aromatic carbocycles. The summed E-state index contributed by atoms with van der Waals surface area (Å²) in [7, 11) is 0. The number of nitrogens with zero attached hydrogens (tertiary/aromatic N) is 2. The predicted molar refractivity (Wildman–Crippen MR) is 74.3 cm³/mol. The molecule has 0 aliphatic heterocycles. The van der Waals surface area contributed by atoms with Crippen molar-refractivity contribution in [1.82, 2.24) is 9.97 Å². The van der Waals surface area contributed by atoms with Gasteiger partial charge in [0.1, 0.15) is 22.3 Å². The largest absolute Gasteiger partial charge is 0.467 e. The van der Waals surface area contributed by atoms with Crippen LogP contribution in [0.2, 0.25) is 0 Å². The number of ether oxygens (including phenoxy) is 1. The van der Waals surface area contributed by atoms with Crippen molar-refractivity contribution in [1.29, 1.82) is 0 Å². The molecule has 2 aromatic rings. The van der Waals surface area contributed by atoms with E-state index in [1.807, 2.05) is 0 Å². The second kappa shape index (κ2) is 5.70. The third-order valence-electron chi connectivity index (χ3n) is 2.81. The second-order valence-corrected chi connectivity index (χ2v) is 5.06. The van der Waals surface area contributed by atoms with Crippen LogP contribution in [0.5, 0.6) is 5.88 Å². The number of hydrogen-bond donors (Lipinski definition) is 1. The molecule has 0 spiro atoms. The van der Waals surface area contributed by atoms with Crippen molar-refractivity contribution in [2.45, 2.75) is 20.0 Å². The molecule has 0 fully saturated rings. The molecule has 106 valence electrons. The highest BCUT2D eigenvalue weighted by molar-refractivity contribution is 9.10. The highest BCUT2D eigenvalue weighted by atomic mass is 79.9. The van der Waals surface area contributed by atoms with Crippen LogP contribution in [0.15, 0.2) is 22.9 Å². The zero-order chi connectivity index (χ0) is 14.9. The Morgan fingerprint density at radius 3 is 2.75 bits per heavy atom. The van der Waals surface area contributed by atoms with E-state index in [9.17, 15) is 8.78 Å². The lowest BCUT2D eigenvalue weighted by molar-refractivity contribution is 0.216. The lowest BCUT2D eigenvalue weighted by Crippen LogP contribution is -2.10. The Morgan fingerprint density at radius 1 is 1.35 bits per heavy atom. The van der Waals surface area contributed by atoms with Gasteiger partial charge in [-0.1, -0.05) is 0 Å². The molecule has 2 rings (SSSR count). The number of aromatic nitrogens is 2. The molecule has 1 atom stereocenters. The first-order valence-corrected chi connectivity index (χ1v) is 6.58. The first kappa shape index (κ1) is 14.6. The van der Waals surface area contributed by atoms with E-state index in [0.29, 0.717) is 15.7 Å². The van der Waals surface area contributed by atoms with Gasteiger partial charge >= 0.3 is 0 Å². The monoisotopic (exact) mass is 343 g/mol. The molecule has 1 aromatic heterocycles. The Kier molecular flexibility index (Phi) is 4.17. The fourth-order valence-electron chi connectivity index (χ4n) is 1.77. The van der Waals surface area contributed by atoms with E-state index >= 15 is 0 Å².